The summed E-state index contributed by atoms with van der Waals surface area (Å²) in [6.45, 7) is 7.98. The molecule has 3 heteroatoms. The zero-order valence-corrected chi connectivity index (χ0v) is 10.6. The van der Waals surface area contributed by atoms with Crippen molar-refractivity contribution >= 4 is 16.7 Å². The van der Waals surface area contributed by atoms with E-state index < -0.39 is 0 Å². The Morgan fingerprint density at radius 2 is 1.88 bits per heavy atom. The van der Waals surface area contributed by atoms with Crippen LogP contribution < -0.4 is 5.73 Å². The Labute approximate surface area is 101 Å². The molecular formula is C14H17FN2. The third kappa shape index (κ3) is 1.97. The van der Waals surface area contributed by atoms with E-state index in [9.17, 15) is 4.39 Å². The Morgan fingerprint density at radius 1 is 1.24 bits per heavy atom. The van der Waals surface area contributed by atoms with Crippen LogP contribution in [0, 0.1) is 12.7 Å². The van der Waals surface area contributed by atoms with Gasteiger partial charge in [0, 0.05) is 16.5 Å². The molecule has 2 aromatic rings. The molecule has 0 bridgehead atoms. The summed E-state index contributed by atoms with van der Waals surface area (Å²) in [4.78, 5) is 4.34. The smallest absolute Gasteiger partial charge is 0.128 e. The fourth-order valence-electron chi connectivity index (χ4n) is 1.97. The van der Waals surface area contributed by atoms with Crippen LogP contribution in [0.4, 0.5) is 10.2 Å². The molecule has 0 amide bonds. The molecule has 0 aliphatic carbocycles. The number of nitrogens with two attached hydrogens (primary N) is 1. The number of nitrogen functional groups attached to an aromatic ring is 1. The van der Waals surface area contributed by atoms with Crippen molar-refractivity contribution < 1.29 is 4.39 Å². The highest BCUT2D eigenvalue weighted by molar-refractivity contribution is 5.84. The maximum Gasteiger partial charge on any atom is 0.128 e. The average Bonchev–Trinajstić information content (AvgIpc) is 2.22. The van der Waals surface area contributed by atoms with E-state index in [1.54, 1.807) is 13.0 Å². The molecule has 1 heterocycles. The Bertz CT molecular complexity index is 583. The van der Waals surface area contributed by atoms with Gasteiger partial charge >= 0.3 is 0 Å². The predicted molar refractivity (Wildman–Crippen MR) is 69.6 cm³/mol. The van der Waals surface area contributed by atoms with Crippen molar-refractivity contribution in [3.63, 3.8) is 0 Å². The number of anilines is 1. The Kier molecular flexibility index (Phi) is 2.57. The number of aromatic nitrogens is 1. The van der Waals surface area contributed by atoms with Gasteiger partial charge in [-0.3, -0.25) is 0 Å². The molecule has 1 aromatic heterocycles. The molecule has 2 N–H and O–H groups in total. The van der Waals surface area contributed by atoms with Crippen LogP contribution in [0.3, 0.4) is 0 Å². The monoisotopic (exact) mass is 232 g/mol. The van der Waals surface area contributed by atoms with Gasteiger partial charge in [-0.2, -0.15) is 0 Å². The van der Waals surface area contributed by atoms with Crippen molar-refractivity contribution in [1.29, 1.82) is 0 Å². The number of fused-ring (bicyclic) bond motifs is 1. The summed E-state index contributed by atoms with van der Waals surface area (Å²) in [7, 11) is 0. The van der Waals surface area contributed by atoms with Crippen molar-refractivity contribution in [2.24, 2.45) is 0 Å². The first kappa shape index (κ1) is 11.8. The van der Waals surface area contributed by atoms with Crippen LogP contribution in [0.1, 0.15) is 31.9 Å². The van der Waals surface area contributed by atoms with Crippen molar-refractivity contribution in [3.8, 4) is 0 Å². The molecule has 2 nitrogen and oxygen atoms in total. The Morgan fingerprint density at radius 3 is 2.47 bits per heavy atom. The van der Waals surface area contributed by atoms with E-state index in [0.29, 0.717) is 16.9 Å². The molecular weight excluding hydrogens is 215 g/mol. The quantitative estimate of drug-likeness (QED) is 0.754. The molecule has 1 aromatic carbocycles. The Hall–Kier alpha value is -1.64. The summed E-state index contributed by atoms with van der Waals surface area (Å²) in [5.74, 6) is 0.242. The van der Waals surface area contributed by atoms with Crippen LogP contribution in [-0.2, 0) is 5.41 Å². The zero-order chi connectivity index (χ0) is 12.8. The topological polar surface area (TPSA) is 38.9 Å². The molecule has 0 saturated carbocycles. The van der Waals surface area contributed by atoms with E-state index in [1.807, 2.05) is 6.07 Å². The first-order valence-corrected chi connectivity index (χ1v) is 5.66. The fourth-order valence-corrected chi connectivity index (χ4v) is 1.97. The normalized spacial score (nSPS) is 12.1. The molecule has 2 rings (SSSR count). The van der Waals surface area contributed by atoms with Crippen LogP contribution >= 0.6 is 0 Å². The standard InChI is InChI=1S/C14H17FN2/c1-8-11(15)6-5-9-7-10(14(2,3)4)13(16)17-12(8)9/h5-7H,1-4H3,(H2,16,17). The molecule has 0 fully saturated rings. The minimum Gasteiger partial charge on any atom is -0.383 e. The lowest BCUT2D eigenvalue weighted by Crippen LogP contribution is -2.15. The summed E-state index contributed by atoms with van der Waals surface area (Å²) in [5, 5.41) is 0.933. The number of pyridine rings is 1. The SMILES string of the molecule is Cc1c(F)ccc2cc(C(C)(C)C)c(N)nc12. The predicted octanol–water partition coefficient (Wildman–Crippen LogP) is 3.56. The van der Waals surface area contributed by atoms with Crippen LogP contribution in [0.25, 0.3) is 10.9 Å². The van der Waals surface area contributed by atoms with E-state index >= 15 is 0 Å². The molecule has 90 valence electrons. The van der Waals surface area contributed by atoms with E-state index in [2.05, 4.69) is 25.8 Å². The number of benzene rings is 1. The molecule has 17 heavy (non-hydrogen) atoms. The van der Waals surface area contributed by atoms with E-state index in [-0.39, 0.29) is 11.2 Å². The minimum absolute atomic E-state index is 0.0619. The second-order valence-corrected chi connectivity index (χ2v) is 5.42. The molecule has 0 unspecified atom stereocenters. The third-order valence-corrected chi connectivity index (χ3v) is 3.01. The molecule has 0 spiro atoms. The van der Waals surface area contributed by atoms with Crippen LogP contribution in [0.2, 0.25) is 0 Å². The summed E-state index contributed by atoms with van der Waals surface area (Å²) < 4.78 is 13.4. The van der Waals surface area contributed by atoms with Crippen molar-refractivity contribution in [2.45, 2.75) is 33.1 Å². The maximum absolute atomic E-state index is 13.4. The van der Waals surface area contributed by atoms with Crippen LogP contribution in [0.15, 0.2) is 18.2 Å². The van der Waals surface area contributed by atoms with Gasteiger partial charge in [-0.15, -0.1) is 0 Å². The number of rotatable bonds is 0. The second kappa shape index (κ2) is 3.69. The van der Waals surface area contributed by atoms with Crippen molar-refractivity contribution in [2.75, 3.05) is 5.73 Å². The van der Waals surface area contributed by atoms with Crippen LogP contribution in [-0.4, -0.2) is 4.98 Å². The largest absolute Gasteiger partial charge is 0.383 e. The van der Waals surface area contributed by atoms with Gasteiger partial charge in [-0.25, -0.2) is 9.37 Å². The van der Waals surface area contributed by atoms with Crippen LogP contribution in [0.5, 0.6) is 0 Å². The first-order valence-electron chi connectivity index (χ1n) is 5.66. The molecule has 0 atom stereocenters. The summed E-state index contributed by atoms with van der Waals surface area (Å²) in [6.07, 6.45) is 0. The highest BCUT2D eigenvalue weighted by Gasteiger charge is 2.19. The molecule has 0 aliphatic rings. The van der Waals surface area contributed by atoms with Gasteiger partial charge in [0.15, 0.2) is 0 Å². The highest BCUT2D eigenvalue weighted by atomic mass is 19.1. The lowest BCUT2D eigenvalue weighted by atomic mass is 9.86. The van der Waals surface area contributed by atoms with Gasteiger partial charge in [0.2, 0.25) is 0 Å². The van der Waals surface area contributed by atoms with Crippen molar-refractivity contribution in [3.05, 3.63) is 35.1 Å². The molecule has 0 saturated heterocycles. The van der Waals surface area contributed by atoms with Gasteiger partial charge in [0.25, 0.3) is 0 Å². The van der Waals surface area contributed by atoms with E-state index in [4.69, 9.17) is 5.73 Å². The summed E-state index contributed by atoms with van der Waals surface area (Å²) in [6, 6.07) is 5.23. The second-order valence-electron chi connectivity index (χ2n) is 5.42. The fraction of sp³-hybridized carbons (Fsp3) is 0.357. The number of nitrogens with zero attached hydrogens (tertiary/aromatic N) is 1. The zero-order valence-electron chi connectivity index (χ0n) is 10.6. The lowest BCUT2D eigenvalue weighted by molar-refractivity contribution is 0.591. The molecule has 0 aliphatic heterocycles. The van der Waals surface area contributed by atoms with Gasteiger partial charge in [-0.05, 0) is 30.5 Å². The lowest BCUT2D eigenvalue weighted by Gasteiger charge is -2.21. The number of hydrogen-bond acceptors (Lipinski definition) is 2. The van der Waals surface area contributed by atoms with E-state index in [1.165, 1.54) is 6.07 Å². The third-order valence-electron chi connectivity index (χ3n) is 3.01. The Balaban J connectivity index is 2.80. The first-order chi connectivity index (χ1) is 7.80. The average molecular weight is 232 g/mol. The highest BCUT2D eigenvalue weighted by Crippen LogP contribution is 2.30. The number of halogens is 1. The van der Waals surface area contributed by atoms with Gasteiger partial charge in [-0.1, -0.05) is 20.8 Å². The minimum atomic E-state index is -0.243. The number of aryl methyl sites for hydroxylation is 1. The van der Waals surface area contributed by atoms with Gasteiger partial charge < -0.3 is 5.73 Å². The maximum atomic E-state index is 13.4. The summed E-state index contributed by atoms with van der Waals surface area (Å²) >= 11 is 0. The van der Waals surface area contributed by atoms with E-state index in [0.717, 1.165) is 10.9 Å². The summed E-state index contributed by atoms with van der Waals surface area (Å²) in [5.41, 5.74) is 8.09. The molecule has 0 radical (unpaired) electrons. The van der Waals surface area contributed by atoms with Crippen molar-refractivity contribution in [1.82, 2.24) is 4.98 Å². The van der Waals surface area contributed by atoms with Gasteiger partial charge in [0.05, 0.1) is 5.52 Å². The van der Waals surface area contributed by atoms with Gasteiger partial charge in [0.1, 0.15) is 11.6 Å². The number of hydrogen-bond donors (Lipinski definition) is 1.